The zero-order chi connectivity index (χ0) is 16.4. The average Bonchev–Trinajstić information content (AvgIpc) is 2.60. The van der Waals surface area contributed by atoms with Crippen molar-refractivity contribution in [3.05, 3.63) is 70.8 Å². The fourth-order valence-electron chi connectivity index (χ4n) is 3.08. The molecule has 2 aromatic rings. The zero-order valence-corrected chi connectivity index (χ0v) is 13.7. The molecule has 0 saturated carbocycles. The summed E-state index contributed by atoms with van der Waals surface area (Å²) in [6.45, 7) is 5.37. The van der Waals surface area contributed by atoms with Crippen LogP contribution in [0.25, 0.3) is 0 Å². The van der Waals surface area contributed by atoms with E-state index >= 15 is 0 Å². The monoisotopic (exact) mass is 309 g/mol. The predicted octanol–water partition coefficient (Wildman–Crippen LogP) is 3.57. The molecule has 3 heteroatoms. The number of aliphatic hydroxyl groups excluding tert-OH is 1. The molecule has 1 amide bonds. The minimum atomic E-state index is -0.458. The summed E-state index contributed by atoms with van der Waals surface area (Å²) in [4.78, 5) is 14.5. The molecule has 0 aromatic heterocycles. The quantitative estimate of drug-likeness (QED) is 0.941. The van der Waals surface area contributed by atoms with E-state index in [9.17, 15) is 9.90 Å². The molecule has 2 aromatic carbocycles. The molecular weight excluding hydrogens is 286 g/mol. The summed E-state index contributed by atoms with van der Waals surface area (Å²) < 4.78 is 0. The van der Waals surface area contributed by atoms with E-state index in [0.29, 0.717) is 6.54 Å². The van der Waals surface area contributed by atoms with E-state index in [1.54, 1.807) is 0 Å². The zero-order valence-electron chi connectivity index (χ0n) is 13.7. The summed E-state index contributed by atoms with van der Waals surface area (Å²) >= 11 is 0. The molecule has 1 atom stereocenters. The smallest absolute Gasteiger partial charge is 0.254 e. The highest BCUT2D eigenvalue weighted by Crippen LogP contribution is 2.27. The number of nitrogens with zero attached hydrogens (tertiary/aromatic N) is 1. The van der Waals surface area contributed by atoms with E-state index in [2.05, 4.69) is 12.1 Å². The fourth-order valence-corrected chi connectivity index (χ4v) is 3.08. The van der Waals surface area contributed by atoms with Crippen LogP contribution >= 0.6 is 0 Å². The molecule has 120 valence electrons. The van der Waals surface area contributed by atoms with Crippen LogP contribution in [0, 0.1) is 5.92 Å². The predicted molar refractivity (Wildman–Crippen MR) is 91.1 cm³/mol. The number of amides is 1. The summed E-state index contributed by atoms with van der Waals surface area (Å²) in [5.74, 6) is 0.254. The Morgan fingerprint density at radius 2 is 1.83 bits per heavy atom. The molecule has 1 unspecified atom stereocenters. The fraction of sp³-hybridized carbons (Fsp3) is 0.350. The Balaban J connectivity index is 1.82. The minimum absolute atomic E-state index is 0.0751. The average molecular weight is 309 g/mol. The molecule has 23 heavy (non-hydrogen) atoms. The van der Waals surface area contributed by atoms with Crippen molar-refractivity contribution in [3.8, 4) is 0 Å². The minimum Gasteiger partial charge on any atom is -0.388 e. The second-order valence-corrected chi connectivity index (χ2v) is 6.56. The summed E-state index contributed by atoms with van der Waals surface area (Å²) in [6, 6.07) is 15.6. The number of hydrogen-bond acceptors (Lipinski definition) is 2. The lowest BCUT2D eigenvalue weighted by molar-refractivity contribution is 0.0734. The lowest BCUT2D eigenvalue weighted by atomic mass is 9.92. The molecule has 1 N–H and O–H groups in total. The van der Waals surface area contributed by atoms with Gasteiger partial charge in [-0.1, -0.05) is 50.2 Å². The van der Waals surface area contributed by atoms with Gasteiger partial charge < -0.3 is 10.0 Å². The van der Waals surface area contributed by atoms with Gasteiger partial charge in [0.15, 0.2) is 0 Å². The number of benzene rings is 2. The molecule has 1 heterocycles. The maximum Gasteiger partial charge on any atom is 0.254 e. The van der Waals surface area contributed by atoms with Gasteiger partial charge in [0.1, 0.15) is 0 Å². The van der Waals surface area contributed by atoms with E-state index in [4.69, 9.17) is 0 Å². The topological polar surface area (TPSA) is 40.5 Å². The Morgan fingerprint density at radius 3 is 2.52 bits per heavy atom. The largest absolute Gasteiger partial charge is 0.388 e. The molecule has 1 aliphatic heterocycles. The van der Waals surface area contributed by atoms with E-state index in [-0.39, 0.29) is 11.8 Å². The molecule has 0 spiro atoms. The van der Waals surface area contributed by atoms with Crippen LogP contribution in [0.5, 0.6) is 0 Å². The van der Waals surface area contributed by atoms with Gasteiger partial charge in [0.05, 0.1) is 6.10 Å². The second-order valence-electron chi connectivity index (χ2n) is 6.56. The summed E-state index contributed by atoms with van der Waals surface area (Å²) in [5, 5.41) is 10.3. The number of carbonyl (C=O) groups is 1. The van der Waals surface area contributed by atoms with Crippen LogP contribution in [-0.4, -0.2) is 22.5 Å². The molecular formula is C20H23NO2. The first kappa shape index (κ1) is 15.8. The third kappa shape index (κ3) is 3.30. The lowest BCUT2D eigenvalue weighted by Gasteiger charge is -2.30. The first-order chi connectivity index (χ1) is 11.1. The van der Waals surface area contributed by atoms with Gasteiger partial charge in [0.25, 0.3) is 5.91 Å². The van der Waals surface area contributed by atoms with Crippen LogP contribution < -0.4 is 0 Å². The maximum atomic E-state index is 12.6. The first-order valence-electron chi connectivity index (χ1n) is 8.20. The third-order valence-electron chi connectivity index (χ3n) is 4.52. The lowest BCUT2D eigenvalue weighted by Crippen LogP contribution is -2.36. The Hall–Kier alpha value is -2.13. The number of carbonyl (C=O) groups excluding carboxylic acids is 1. The van der Waals surface area contributed by atoms with Crippen LogP contribution in [0.15, 0.2) is 48.5 Å². The summed E-state index contributed by atoms with van der Waals surface area (Å²) in [6.07, 6.45) is 0.409. The SMILES string of the molecule is CC(C)C(O)c1ccc2c(c1)CN(C(=O)c1ccccc1)CC2. The second kappa shape index (κ2) is 6.55. The molecule has 3 rings (SSSR count). The maximum absolute atomic E-state index is 12.6. The molecule has 1 aliphatic rings. The van der Waals surface area contributed by atoms with Crippen molar-refractivity contribution in [2.75, 3.05) is 6.54 Å². The van der Waals surface area contributed by atoms with Crippen molar-refractivity contribution >= 4 is 5.91 Å². The number of aliphatic hydroxyl groups is 1. The standard InChI is InChI=1S/C20H23NO2/c1-14(2)19(22)17-9-8-15-10-11-21(13-18(15)12-17)20(23)16-6-4-3-5-7-16/h3-9,12,14,19,22H,10-11,13H2,1-2H3. The highest BCUT2D eigenvalue weighted by Gasteiger charge is 2.23. The van der Waals surface area contributed by atoms with Crippen molar-refractivity contribution in [3.63, 3.8) is 0 Å². The van der Waals surface area contributed by atoms with Gasteiger partial charge in [-0.15, -0.1) is 0 Å². The summed E-state index contributed by atoms with van der Waals surface area (Å²) in [5.41, 5.74) is 4.10. The van der Waals surface area contributed by atoms with Crippen LogP contribution in [0.4, 0.5) is 0 Å². The highest BCUT2D eigenvalue weighted by molar-refractivity contribution is 5.94. The van der Waals surface area contributed by atoms with Gasteiger partial charge in [0.2, 0.25) is 0 Å². The molecule has 0 radical (unpaired) electrons. The van der Waals surface area contributed by atoms with Gasteiger partial charge >= 0.3 is 0 Å². The van der Waals surface area contributed by atoms with Gasteiger partial charge in [-0.05, 0) is 41.2 Å². The van der Waals surface area contributed by atoms with E-state index in [1.807, 2.05) is 55.1 Å². The normalized spacial score (nSPS) is 15.4. The van der Waals surface area contributed by atoms with Crippen molar-refractivity contribution in [2.45, 2.75) is 32.9 Å². The van der Waals surface area contributed by atoms with Crippen molar-refractivity contribution in [1.29, 1.82) is 0 Å². The Kier molecular flexibility index (Phi) is 4.49. The van der Waals surface area contributed by atoms with Crippen LogP contribution in [0.1, 0.15) is 47.0 Å². The molecule has 0 aliphatic carbocycles. The first-order valence-corrected chi connectivity index (χ1v) is 8.20. The van der Waals surface area contributed by atoms with Gasteiger partial charge in [-0.2, -0.15) is 0 Å². The van der Waals surface area contributed by atoms with Crippen LogP contribution in [-0.2, 0) is 13.0 Å². The highest BCUT2D eigenvalue weighted by atomic mass is 16.3. The number of rotatable bonds is 3. The van der Waals surface area contributed by atoms with Gasteiger partial charge in [0, 0.05) is 18.7 Å². The molecule has 3 nitrogen and oxygen atoms in total. The van der Waals surface area contributed by atoms with Crippen LogP contribution in [0.3, 0.4) is 0 Å². The van der Waals surface area contributed by atoms with Crippen LogP contribution in [0.2, 0.25) is 0 Å². The van der Waals surface area contributed by atoms with Crippen molar-refractivity contribution < 1.29 is 9.90 Å². The molecule has 0 fully saturated rings. The molecule has 0 bridgehead atoms. The third-order valence-corrected chi connectivity index (χ3v) is 4.52. The van der Waals surface area contributed by atoms with Gasteiger partial charge in [-0.3, -0.25) is 4.79 Å². The Morgan fingerprint density at radius 1 is 1.09 bits per heavy atom. The summed E-state index contributed by atoms with van der Waals surface area (Å²) in [7, 11) is 0. The Bertz CT molecular complexity index is 694. The van der Waals surface area contributed by atoms with Crippen molar-refractivity contribution in [2.24, 2.45) is 5.92 Å². The van der Waals surface area contributed by atoms with Gasteiger partial charge in [-0.25, -0.2) is 0 Å². The van der Waals surface area contributed by atoms with E-state index < -0.39 is 6.10 Å². The van der Waals surface area contributed by atoms with E-state index in [0.717, 1.165) is 29.7 Å². The number of fused-ring (bicyclic) bond motifs is 1. The van der Waals surface area contributed by atoms with Crippen molar-refractivity contribution in [1.82, 2.24) is 4.90 Å². The molecule has 0 saturated heterocycles. The number of hydrogen-bond donors (Lipinski definition) is 1. The van der Waals surface area contributed by atoms with E-state index in [1.165, 1.54) is 5.56 Å². The Labute approximate surface area is 137 Å².